The van der Waals surface area contributed by atoms with Crippen LogP contribution >= 0.6 is 0 Å². The van der Waals surface area contributed by atoms with E-state index in [0.29, 0.717) is 24.6 Å². The Labute approximate surface area is 185 Å². The fourth-order valence-electron chi connectivity index (χ4n) is 4.04. The zero-order valence-corrected chi connectivity index (χ0v) is 17.7. The molecule has 5 rings (SSSR count). The first-order valence-corrected chi connectivity index (χ1v) is 10.8. The largest absolute Gasteiger partial charge is 0.340 e. The van der Waals surface area contributed by atoms with Crippen molar-refractivity contribution in [1.82, 2.24) is 29.9 Å². The monoisotopic (exact) mass is 428 g/mol. The van der Waals surface area contributed by atoms with E-state index in [0.717, 1.165) is 49.2 Å². The van der Waals surface area contributed by atoms with Crippen molar-refractivity contribution in [2.75, 3.05) is 26.2 Å². The van der Waals surface area contributed by atoms with Gasteiger partial charge in [0.05, 0.1) is 5.52 Å². The van der Waals surface area contributed by atoms with Gasteiger partial charge in [-0.1, -0.05) is 29.4 Å². The quantitative estimate of drug-likeness (QED) is 0.466. The Morgan fingerprint density at radius 3 is 2.62 bits per heavy atom. The summed E-state index contributed by atoms with van der Waals surface area (Å²) >= 11 is 0. The molecule has 162 valence electrons. The van der Waals surface area contributed by atoms with Crippen LogP contribution in [0.5, 0.6) is 0 Å². The topological polar surface area (TPSA) is 88.2 Å². The first-order valence-electron chi connectivity index (χ1n) is 10.8. The molecule has 0 aliphatic carbocycles. The maximum Gasteiger partial charge on any atom is 0.227 e. The van der Waals surface area contributed by atoms with E-state index in [1.54, 1.807) is 12.4 Å². The van der Waals surface area contributed by atoms with Gasteiger partial charge in [0, 0.05) is 75.1 Å². The highest BCUT2D eigenvalue weighted by atomic mass is 16.5. The summed E-state index contributed by atoms with van der Waals surface area (Å²) in [4.78, 5) is 29.9. The lowest BCUT2D eigenvalue weighted by molar-refractivity contribution is -0.133. The molecule has 1 aromatic carbocycles. The highest BCUT2D eigenvalue weighted by Gasteiger charge is 2.22. The van der Waals surface area contributed by atoms with E-state index < -0.39 is 0 Å². The maximum atomic E-state index is 12.7. The highest BCUT2D eigenvalue weighted by molar-refractivity contribution is 5.81. The second kappa shape index (κ2) is 9.23. The van der Waals surface area contributed by atoms with E-state index in [1.807, 2.05) is 29.3 Å². The van der Waals surface area contributed by atoms with E-state index in [1.165, 1.54) is 5.56 Å². The Morgan fingerprint density at radius 1 is 0.969 bits per heavy atom. The summed E-state index contributed by atoms with van der Waals surface area (Å²) < 4.78 is 5.31. The number of fused-ring (bicyclic) bond motifs is 1. The molecule has 0 unspecified atom stereocenters. The lowest BCUT2D eigenvalue weighted by Gasteiger charge is -2.34. The number of aromatic nitrogens is 4. The number of amides is 1. The average molecular weight is 428 g/mol. The van der Waals surface area contributed by atoms with Gasteiger partial charge in [0.25, 0.3) is 0 Å². The number of carbonyl (C=O) groups excluding carboxylic acids is 1. The molecule has 1 amide bonds. The molecule has 0 saturated carbocycles. The number of carbonyl (C=O) groups is 1. The van der Waals surface area contributed by atoms with Crippen molar-refractivity contribution < 1.29 is 9.32 Å². The van der Waals surface area contributed by atoms with Gasteiger partial charge in [-0.25, -0.2) is 0 Å². The summed E-state index contributed by atoms with van der Waals surface area (Å²) in [5.74, 6) is 1.12. The van der Waals surface area contributed by atoms with Gasteiger partial charge in [-0.15, -0.1) is 0 Å². The zero-order valence-electron chi connectivity index (χ0n) is 17.7. The standard InChI is InChI=1S/C24H24N6O2/c31-22(7-6-21-27-24(28-32-21)19-8-11-25-12-9-19)30-15-13-29(14-16-30)17-20-4-1-3-18-5-2-10-26-23(18)20/h1-5,8-12H,6-7,13-17H2. The number of rotatable bonds is 6. The molecule has 0 spiro atoms. The number of hydrogen-bond donors (Lipinski definition) is 0. The molecule has 8 heteroatoms. The van der Waals surface area contributed by atoms with Gasteiger partial charge < -0.3 is 9.42 Å². The Bertz CT molecular complexity index is 1200. The van der Waals surface area contributed by atoms with Crippen LogP contribution in [0.25, 0.3) is 22.3 Å². The molecule has 0 atom stereocenters. The van der Waals surface area contributed by atoms with Crippen LogP contribution < -0.4 is 0 Å². The summed E-state index contributed by atoms with van der Waals surface area (Å²) in [7, 11) is 0. The fourth-order valence-corrected chi connectivity index (χ4v) is 4.04. The molecule has 4 aromatic rings. The van der Waals surface area contributed by atoms with Gasteiger partial charge >= 0.3 is 0 Å². The summed E-state index contributed by atoms with van der Waals surface area (Å²) in [5, 5.41) is 5.16. The molecule has 4 heterocycles. The molecule has 1 aliphatic rings. The molecule has 0 radical (unpaired) electrons. The summed E-state index contributed by atoms with van der Waals surface area (Å²) in [6, 6.07) is 14.0. The molecule has 8 nitrogen and oxygen atoms in total. The van der Waals surface area contributed by atoms with Gasteiger partial charge in [-0.3, -0.25) is 19.7 Å². The Balaban J connectivity index is 1.12. The summed E-state index contributed by atoms with van der Waals surface area (Å²) in [6.07, 6.45) is 6.02. The van der Waals surface area contributed by atoms with E-state index in [-0.39, 0.29) is 5.91 Å². The van der Waals surface area contributed by atoms with Crippen LogP contribution in [0.15, 0.2) is 65.6 Å². The van der Waals surface area contributed by atoms with Gasteiger partial charge in [0.15, 0.2) is 0 Å². The van der Waals surface area contributed by atoms with Crippen LogP contribution in [-0.2, 0) is 17.8 Å². The Morgan fingerprint density at radius 2 is 1.78 bits per heavy atom. The Hall–Kier alpha value is -3.65. The smallest absolute Gasteiger partial charge is 0.227 e. The van der Waals surface area contributed by atoms with E-state index in [2.05, 4.69) is 49.3 Å². The third kappa shape index (κ3) is 4.50. The molecule has 0 N–H and O–H groups in total. The van der Waals surface area contributed by atoms with Crippen molar-refractivity contribution in [3.8, 4) is 11.4 Å². The number of aryl methyl sites for hydroxylation is 1. The SMILES string of the molecule is O=C(CCc1nc(-c2ccncc2)no1)N1CCN(Cc2cccc3cccnc23)CC1. The molecule has 1 fully saturated rings. The molecule has 3 aromatic heterocycles. The second-order valence-corrected chi connectivity index (χ2v) is 7.90. The predicted molar refractivity (Wildman–Crippen MR) is 119 cm³/mol. The van der Waals surface area contributed by atoms with E-state index in [9.17, 15) is 4.79 Å². The number of piperazine rings is 1. The van der Waals surface area contributed by atoms with Crippen LogP contribution in [0.2, 0.25) is 0 Å². The van der Waals surface area contributed by atoms with Crippen molar-refractivity contribution in [3.05, 3.63) is 72.5 Å². The molecule has 1 aliphatic heterocycles. The summed E-state index contributed by atoms with van der Waals surface area (Å²) in [6.45, 7) is 3.99. The second-order valence-electron chi connectivity index (χ2n) is 7.90. The minimum atomic E-state index is 0.125. The van der Waals surface area contributed by atoms with Crippen molar-refractivity contribution in [2.45, 2.75) is 19.4 Å². The minimum Gasteiger partial charge on any atom is -0.340 e. The van der Waals surface area contributed by atoms with Crippen LogP contribution in [0.3, 0.4) is 0 Å². The minimum absolute atomic E-state index is 0.125. The first kappa shape index (κ1) is 20.3. The first-order chi connectivity index (χ1) is 15.8. The lowest BCUT2D eigenvalue weighted by Crippen LogP contribution is -2.48. The van der Waals surface area contributed by atoms with Gasteiger partial charge in [-0.2, -0.15) is 4.98 Å². The highest BCUT2D eigenvalue weighted by Crippen LogP contribution is 2.19. The van der Waals surface area contributed by atoms with Crippen molar-refractivity contribution in [2.24, 2.45) is 0 Å². The molecular weight excluding hydrogens is 404 g/mol. The van der Waals surface area contributed by atoms with Crippen LogP contribution in [0.4, 0.5) is 0 Å². The average Bonchev–Trinajstić information content (AvgIpc) is 3.33. The van der Waals surface area contributed by atoms with Crippen LogP contribution in [0, 0.1) is 0 Å². The number of benzene rings is 1. The number of nitrogens with zero attached hydrogens (tertiary/aromatic N) is 6. The lowest BCUT2D eigenvalue weighted by atomic mass is 10.1. The molecule has 1 saturated heterocycles. The number of hydrogen-bond acceptors (Lipinski definition) is 7. The predicted octanol–water partition coefficient (Wildman–Crippen LogP) is 2.96. The van der Waals surface area contributed by atoms with Crippen LogP contribution in [0.1, 0.15) is 17.9 Å². The number of para-hydroxylation sites is 1. The normalized spacial score (nSPS) is 14.7. The third-order valence-electron chi connectivity index (χ3n) is 5.79. The fraction of sp³-hybridized carbons (Fsp3) is 0.292. The molecular formula is C24H24N6O2. The molecule has 0 bridgehead atoms. The van der Waals surface area contributed by atoms with Gasteiger partial charge in [0.1, 0.15) is 0 Å². The van der Waals surface area contributed by atoms with Gasteiger partial charge in [0.2, 0.25) is 17.6 Å². The van der Waals surface area contributed by atoms with E-state index >= 15 is 0 Å². The third-order valence-corrected chi connectivity index (χ3v) is 5.79. The Kier molecular flexibility index (Phi) is 5.85. The zero-order chi connectivity index (χ0) is 21.8. The number of pyridine rings is 2. The maximum absolute atomic E-state index is 12.7. The van der Waals surface area contributed by atoms with Gasteiger partial charge in [-0.05, 0) is 23.8 Å². The van der Waals surface area contributed by atoms with Crippen molar-refractivity contribution >= 4 is 16.8 Å². The van der Waals surface area contributed by atoms with Crippen molar-refractivity contribution in [3.63, 3.8) is 0 Å². The molecule has 32 heavy (non-hydrogen) atoms. The van der Waals surface area contributed by atoms with E-state index in [4.69, 9.17) is 4.52 Å². The van der Waals surface area contributed by atoms with Crippen molar-refractivity contribution in [1.29, 1.82) is 0 Å². The summed E-state index contributed by atoms with van der Waals surface area (Å²) in [5.41, 5.74) is 3.13. The van der Waals surface area contributed by atoms with Crippen LogP contribution in [-0.4, -0.2) is 62.0 Å².